The van der Waals surface area contributed by atoms with Gasteiger partial charge >= 0.3 is 0 Å². The van der Waals surface area contributed by atoms with Gasteiger partial charge in [-0.3, -0.25) is 0 Å². The maximum absolute atomic E-state index is 10.4. The molecule has 2 N–H and O–H groups in total. The Morgan fingerprint density at radius 3 is 2.04 bits per heavy atom. The summed E-state index contributed by atoms with van der Waals surface area (Å²) >= 11 is 0. The molecule has 0 heterocycles. The van der Waals surface area contributed by atoms with Crippen LogP contribution in [-0.2, 0) is 16.2 Å². The summed E-state index contributed by atoms with van der Waals surface area (Å²) in [5.41, 5.74) is 7.28. The van der Waals surface area contributed by atoms with E-state index in [-0.39, 0.29) is 16.2 Å². The maximum Gasteiger partial charge on any atom is 0.118 e. The Morgan fingerprint density at radius 1 is 0.720 bits per heavy atom. The molecule has 1 spiro atoms. The minimum absolute atomic E-state index is 0.0465. The Hall–Kier alpha value is -1.96. The SMILES string of the molecule is Cc1cc2c(cc1O)C1(CC2(C)C)CC(C)(C)c2c(C)cc(O)cc21. The van der Waals surface area contributed by atoms with Crippen LogP contribution in [0.25, 0.3) is 0 Å². The second-order valence-electron chi connectivity index (χ2n) is 9.57. The van der Waals surface area contributed by atoms with Crippen LogP contribution in [0.2, 0.25) is 0 Å². The van der Waals surface area contributed by atoms with Gasteiger partial charge < -0.3 is 10.2 Å². The molecule has 2 aromatic carbocycles. The van der Waals surface area contributed by atoms with E-state index in [1.807, 2.05) is 25.1 Å². The second-order valence-corrected chi connectivity index (χ2v) is 9.57. The average molecular weight is 336 g/mol. The molecule has 1 unspecified atom stereocenters. The standard InChI is InChI=1S/C23H28O2/c1-13-8-16-17(10-19(13)25)23(11-21(16,3)4)12-22(5,6)20-14(2)7-15(24)9-18(20)23/h7-10,24-25H,11-12H2,1-6H3. The van der Waals surface area contributed by atoms with E-state index in [4.69, 9.17) is 0 Å². The largest absolute Gasteiger partial charge is 0.508 e. The van der Waals surface area contributed by atoms with Crippen molar-refractivity contribution in [1.82, 2.24) is 0 Å². The van der Waals surface area contributed by atoms with Crippen LogP contribution in [0.1, 0.15) is 73.9 Å². The zero-order chi connectivity index (χ0) is 18.4. The van der Waals surface area contributed by atoms with Crippen molar-refractivity contribution in [2.45, 2.75) is 70.6 Å². The number of phenolic OH excluding ortho intramolecular Hbond substituents is 2. The minimum atomic E-state index is -0.133. The summed E-state index contributed by atoms with van der Waals surface area (Å²) in [6.45, 7) is 13.3. The summed E-state index contributed by atoms with van der Waals surface area (Å²) in [5.74, 6) is 0.717. The van der Waals surface area contributed by atoms with Crippen molar-refractivity contribution in [2.24, 2.45) is 0 Å². The van der Waals surface area contributed by atoms with Gasteiger partial charge in [0.2, 0.25) is 0 Å². The van der Waals surface area contributed by atoms with Crippen molar-refractivity contribution < 1.29 is 10.2 Å². The van der Waals surface area contributed by atoms with E-state index in [2.05, 4.69) is 40.7 Å². The third-order valence-corrected chi connectivity index (χ3v) is 6.58. The Labute approximate surface area is 150 Å². The molecule has 2 aromatic rings. The van der Waals surface area contributed by atoms with E-state index in [0.29, 0.717) is 11.5 Å². The van der Waals surface area contributed by atoms with E-state index in [0.717, 1.165) is 18.4 Å². The van der Waals surface area contributed by atoms with Crippen molar-refractivity contribution >= 4 is 0 Å². The van der Waals surface area contributed by atoms with Gasteiger partial charge in [-0.15, -0.1) is 0 Å². The van der Waals surface area contributed by atoms with Crippen LogP contribution < -0.4 is 0 Å². The smallest absolute Gasteiger partial charge is 0.118 e. The third kappa shape index (κ3) is 2.03. The van der Waals surface area contributed by atoms with Gasteiger partial charge in [0.15, 0.2) is 0 Å². The number of benzene rings is 2. The van der Waals surface area contributed by atoms with Crippen molar-refractivity contribution in [3.05, 3.63) is 57.6 Å². The Balaban J connectivity index is 2.09. The molecule has 0 amide bonds. The first-order valence-corrected chi connectivity index (χ1v) is 9.17. The van der Waals surface area contributed by atoms with E-state index in [9.17, 15) is 10.2 Å². The lowest BCUT2D eigenvalue weighted by molar-refractivity contribution is 0.348. The first-order chi connectivity index (χ1) is 11.5. The predicted octanol–water partition coefficient (Wildman–Crippen LogP) is 5.36. The van der Waals surface area contributed by atoms with Crippen molar-refractivity contribution in [1.29, 1.82) is 0 Å². The molecular weight excluding hydrogens is 308 g/mol. The highest BCUT2D eigenvalue weighted by Gasteiger charge is 2.56. The predicted molar refractivity (Wildman–Crippen MR) is 102 cm³/mol. The molecule has 2 heteroatoms. The van der Waals surface area contributed by atoms with Gasteiger partial charge in [0.05, 0.1) is 0 Å². The fraction of sp³-hybridized carbons (Fsp3) is 0.478. The minimum Gasteiger partial charge on any atom is -0.508 e. The highest BCUT2D eigenvalue weighted by Crippen LogP contribution is 2.64. The van der Waals surface area contributed by atoms with Crippen LogP contribution in [0.4, 0.5) is 0 Å². The van der Waals surface area contributed by atoms with Gasteiger partial charge in [-0.05, 0) is 89.1 Å². The number of rotatable bonds is 0. The van der Waals surface area contributed by atoms with Crippen LogP contribution in [0, 0.1) is 13.8 Å². The van der Waals surface area contributed by atoms with Crippen molar-refractivity contribution in [3.63, 3.8) is 0 Å². The fourth-order valence-corrected chi connectivity index (χ4v) is 5.98. The highest BCUT2D eigenvalue weighted by molar-refractivity contribution is 5.64. The van der Waals surface area contributed by atoms with Crippen LogP contribution in [0.15, 0.2) is 24.3 Å². The van der Waals surface area contributed by atoms with Crippen molar-refractivity contribution in [2.75, 3.05) is 0 Å². The lowest BCUT2D eigenvalue weighted by Crippen LogP contribution is -2.26. The van der Waals surface area contributed by atoms with Gasteiger partial charge in [0.25, 0.3) is 0 Å². The van der Waals surface area contributed by atoms with Crippen LogP contribution in [-0.4, -0.2) is 10.2 Å². The van der Waals surface area contributed by atoms with E-state index < -0.39 is 0 Å². The Bertz CT molecular complexity index is 905. The fourth-order valence-electron chi connectivity index (χ4n) is 5.98. The zero-order valence-electron chi connectivity index (χ0n) is 16.1. The Morgan fingerprint density at radius 2 is 1.36 bits per heavy atom. The molecule has 4 rings (SSSR count). The van der Waals surface area contributed by atoms with Crippen LogP contribution in [0.5, 0.6) is 11.5 Å². The number of hydrogen-bond donors (Lipinski definition) is 2. The molecule has 0 aliphatic heterocycles. The summed E-state index contributed by atoms with van der Waals surface area (Å²) < 4.78 is 0. The van der Waals surface area contributed by atoms with Gasteiger partial charge in [-0.25, -0.2) is 0 Å². The molecule has 0 fully saturated rings. The Kier molecular flexibility index (Phi) is 3.04. The quantitative estimate of drug-likeness (QED) is 0.679. The molecule has 25 heavy (non-hydrogen) atoms. The topological polar surface area (TPSA) is 40.5 Å². The normalized spacial score (nSPS) is 25.2. The summed E-state index contributed by atoms with van der Waals surface area (Å²) in [6.07, 6.45) is 2.02. The molecule has 0 saturated carbocycles. The summed E-state index contributed by atoms with van der Waals surface area (Å²) in [4.78, 5) is 0. The molecule has 0 bridgehead atoms. The average Bonchev–Trinajstić information content (AvgIpc) is 2.80. The number of fused-ring (bicyclic) bond motifs is 4. The van der Waals surface area contributed by atoms with Gasteiger partial charge in [-0.2, -0.15) is 0 Å². The number of aryl methyl sites for hydroxylation is 2. The van der Waals surface area contributed by atoms with Crippen molar-refractivity contribution in [3.8, 4) is 11.5 Å². The molecule has 2 aliphatic carbocycles. The highest BCUT2D eigenvalue weighted by atomic mass is 16.3. The molecule has 2 aliphatic rings. The van der Waals surface area contributed by atoms with E-state index in [1.165, 1.54) is 27.8 Å². The zero-order valence-corrected chi connectivity index (χ0v) is 16.1. The first kappa shape index (κ1) is 16.5. The van der Waals surface area contributed by atoms with Crippen LogP contribution >= 0.6 is 0 Å². The molecule has 0 saturated heterocycles. The molecule has 132 valence electrons. The first-order valence-electron chi connectivity index (χ1n) is 9.17. The molecule has 2 nitrogen and oxygen atoms in total. The van der Waals surface area contributed by atoms with E-state index >= 15 is 0 Å². The van der Waals surface area contributed by atoms with Gasteiger partial charge in [0.1, 0.15) is 11.5 Å². The third-order valence-electron chi connectivity index (χ3n) is 6.58. The molecule has 0 aromatic heterocycles. The van der Waals surface area contributed by atoms with Crippen LogP contribution in [0.3, 0.4) is 0 Å². The molecule has 0 radical (unpaired) electrons. The number of hydrogen-bond acceptors (Lipinski definition) is 2. The second kappa shape index (κ2) is 4.60. The summed E-state index contributed by atoms with van der Waals surface area (Å²) in [6, 6.07) is 8.01. The van der Waals surface area contributed by atoms with E-state index in [1.54, 1.807) is 0 Å². The lowest BCUT2D eigenvalue weighted by atomic mass is 9.72. The summed E-state index contributed by atoms with van der Waals surface area (Å²) in [7, 11) is 0. The van der Waals surface area contributed by atoms with Gasteiger partial charge in [0, 0.05) is 5.41 Å². The summed E-state index contributed by atoms with van der Waals surface area (Å²) in [5, 5.41) is 20.8. The number of phenols is 2. The number of aromatic hydroxyl groups is 2. The lowest BCUT2D eigenvalue weighted by Gasteiger charge is -2.30. The maximum atomic E-state index is 10.4. The molecular formula is C23H28O2. The van der Waals surface area contributed by atoms with Gasteiger partial charge in [-0.1, -0.05) is 33.8 Å². The monoisotopic (exact) mass is 336 g/mol. The molecule has 1 atom stereocenters.